The Morgan fingerprint density at radius 2 is 1.91 bits per heavy atom. The van der Waals surface area contributed by atoms with E-state index in [1.165, 1.54) is 5.56 Å². The summed E-state index contributed by atoms with van der Waals surface area (Å²) in [5.41, 5.74) is 2.90. The van der Waals surface area contributed by atoms with Gasteiger partial charge in [-0.15, -0.1) is 0 Å². The number of hydrogen-bond donors (Lipinski definition) is 2. The molecule has 0 radical (unpaired) electrons. The van der Waals surface area contributed by atoms with Gasteiger partial charge >= 0.3 is 6.03 Å². The van der Waals surface area contributed by atoms with E-state index in [1.54, 1.807) is 12.1 Å². The molecule has 2 rings (SSSR count). The molecule has 0 heterocycles. The molecule has 0 saturated carbocycles. The van der Waals surface area contributed by atoms with Crippen LogP contribution in [0.2, 0.25) is 5.02 Å². The Hall–Kier alpha value is -2.20. The molecule has 0 aliphatic carbocycles. The summed E-state index contributed by atoms with van der Waals surface area (Å²) in [5, 5.41) is 5.98. The third-order valence-electron chi connectivity index (χ3n) is 3.38. The predicted molar refractivity (Wildman–Crippen MR) is 94.3 cm³/mol. The Kier molecular flexibility index (Phi) is 6.29. The van der Waals surface area contributed by atoms with Crippen molar-refractivity contribution < 1.29 is 9.53 Å². The van der Waals surface area contributed by atoms with Crippen LogP contribution in [0.15, 0.2) is 42.5 Å². The van der Waals surface area contributed by atoms with Crippen LogP contribution in [-0.4, -0.2) is 12.8 Å². The smallest absolute Gasteiger partial charge is 0.321 e. The standard InChI is InChI=1S/C18H21ClN2O2/c1-3-4-14-6-9-16(10-7-14)23-12-20-18(22)21-17-11-15(19)8-5-13(17)2/h5-11H,3-4,12H2,1-2H3,(H2,20,21,22). The summed E-state index contributed by atoms with van der Waals surface area (Å²) in [6.45, 7) is 4.15. The first-order chi connectivity index (χ1) is 11.1. The van der Waals surface area contributed by atoms with Crippen LogP contribution in [0.1, 0.15) is 24.5 Å². The minimum Gasteiger partial charge on any atom is -0.473 e. The number of halogens is 1. The zero-order valence-corrected chi connectivity index (χ0v) is 14.1. The van der Waals surface area contributed by atoms with E-state index in [4.69, 9.17) is 16.3 Å². The Labute approximate surface area is 141 Å². The van der Waals surface area contributed by atoms with Crippen molar-refractivity contribution >= 4 is 23.3 Å². The molecule has 0 saturated heterocycles. The van der Waals surface area contributed by atoms with Crippen molar-refractivity contribution in [3.05, 3.63) is 58.6 Å². The number of amides is 2. The third-order valence-corrected chi connectivity index (χ3v) is 3.62. The SMILES string of the molecule is CCCc1ccc(OCNC(=O)Nc2cc(Cl)ccc2C)cc1. The van der Waals surface area contributed by atoms with Gasteiger partial charge in [0.1, 0.15) is 5.75 Å². The van der Waals surface area contributed by atoms with Gasteiger partial charge in [-0.05, 0) is 48.7 Å². The van der Waals surface area contributed by atoms with Gasteiger partial charge in [-0.1, -0.05) is 43.1 Å². The summed E-state index contributed by atoms with van der Waals surface area (Å²) in [5.74, 6) is 0.726. The normalized spacial score (nSPS) is 10.2. The molecule has 2 amide bonds. The van der Waals surface area contributed by atoms with Crippen molar-refractivity contribution in [2.75, 3.05) is 12.0 Å². The largest absolute Gasteiger partial charge is 0.473 e. The van der Waals surface area contributed by atoms with Crippen LogP contribution < -0.4 is 15.4 Å². The lowest BCUT2D eigenvalue weighted by molar-refractivity contribution is 0.234. The number of urea groups is 1. The van der Waals surface area contributed by atoms with Gasteiger partial charge in [0.2, 0.25) is 0 Å². The van der Waals surface area contributed by atoms with Crippen molar-refractivity contribution in [1.82, 2.24) is 5.32 Å². The van der Waals surface area contributed by atoms with Gasteiger partial charge < -0.3 is 15.4 Å². The quantitative estimate of drug-likeness (QED) is 0.749. The van der Waals surface area contributed by atoms with Gasteiger partial charge in [-0.25, -0.2) is 4.79 Å². The fourth-order valence-corrected chi connectivity index (χ4v) is 2.29. The van der Waals surface area contributed by atoms with Gasteiger partial charge in [0.25, 0.3) is 0 Å². The van der Waals surface area contributed by atoms with E-state index >= 15 is 0 Å². The predicted octanol–water partition coefficient (Wildman–Crippen LogP) is 4.76. The highest BCUT2D eigenvalue weighted by molar-refractivity contribution is 6.31. The number of rotatable bonds is 6. The molecular formula is C18H21ClN2O2. The first-order valence-corrected chi connectivity index (χ1v) is 7.99. The number of carbonyl (C=O) groups is 1. The highest BCUT2D eigenvalue weighted by Crippen LogP contribution is 2.20. The molecule has 0 unspecified atom stereocenters. The van der Waals surface area contributed by atoms with Gasteiger partial charge in [0.15, 0.2) is 6.73 Å². The fraction of sp³-hybridized carbons (Fsp3) is 0.278. The van der Waals surface area contributed by atoms with Crippen LogP contribution in [0, 0.1) is 6.92 Å². The zero-order chi connectivity index (χ0) is 16.7. The van der Waals surface area contributed by atoms with E-state index in [-0.39, 0.29) is 12.8 Å². The van der Waals surface area contributed by atoms with Gasteiger partial charge in [-0.3, -0.25) is 0 Å². The number of anilines is 1. The molecule has 0 bridgehead atoms. The highest BCUT2D eigenvalue weighted by atomic mass is 35.5. The number of benzene rings is 2. The molecule has 0 aliphatic rings. The number of nitrogens with one attached hydrogen (secondary N) is 2. The van der Waals surface area contributed by atoms with E-state index in [0.717, 1.165) is 24.2 Å². The lowest BCUT2D eigenvalue weighted by atomic mass is 10.1. The van der Waals surface area contributed by atoms with Crippen LogP contribution in [0.3, 0.4) is 0 Å². The summed E-state index contributed by atoms with van der Waals surface area (Å²) in [6.07, 6.45) is 2.17. The van der Waals surface area contributed by atoms with Crippen LogP contribution in [0.4, 0.5) is 10.5 Å². The molecule has 23 heavy (non-hydrogen) atoms. The van der Waals surface area contributed by atoms with E-state index in [1.807, 2.05) is 37.3 Å². The molecule has 5 heteroatoms. The van der Waals surface area contributed by atoms with E-state index in [2.05, 4.69) is 17.6 Å². The molecular weight excluding hydrogens is 312 g/mol. The topological polar surface area (TPSA) is 50.4 Å². The fourth-order valence-electron chi connectivity index (χ4n) is 2.12. The highest BCUT2D eigenvalue weighted by Gasteiger charge is 2.05. The molecule has 2 aromatic rings. The van der Waals surface area contributed by atoms with Crippen molar-refractivity contribution in [3.8, 4) is 5.75 Å². The molecule has 0 atom stereocenters. The molecule has 2 N–H and O–H groups in total. The minimum atomic E-state index is -0.335. The van der Waals surface area contributed by atoms with Crippen molar-refractivity contribution in [2.45, 2.75) is 26.7 Å². The molecule has 122 valence electrons. The van der Waals surface area contributed by atoms with Crippen LogP contribution in [0.25, 0.3) is 0 Å². The maximum Gasteiger partial charge on any atom is 0.321 e. The number of hydrogen-bond acceptors (Lipinski definition) is 2. The summed E-state index contributed by atoms with van der Waals surface area (Å²) in [7, 11) is 0. The maximum absolute atomic E-state index is 11.9. The average molecular weight is 333 g/mol. The van der Waals surface area contributed by atoms with Gasteiger partial charge in [0, 0.05) is 10.7 Å². The van der Waals surface area contributed by atoms with E-state index < -0.39 is 0 Å². The van der Waals surface area contributed by atoms with Crippen LogP contribution in [-0.2, 0) is 6.42 Å². The summed E-state index contributed by atoms with van der Waals surface area (Å²) in [4.78, 5) is 11.9. The number of carbonyl (C=O) groups excluding carboxylic acids is 1. The van der Waals surface area contributed by atoms with E-state index in [0.29, 0.717) is 10.7 Å². The second-order valence-corrected chi connectivity index (χ2v) is 5.71. The van der Waals surface area contributed by atoms with Gasteiger partial charge in [0.05, 0.1) is 0 Å². The lowest BCUT2D eigenvalue weighted by Crippen LogP contribution is -2.32. The number of aryl methyl sites for hydroxylation is 2. The second-order valence-electron chi connectivity index (χ2n) is 5.27. The Morgan fingerprint density at radius 3 is 2.61 bits per heavy atom. The molecule has 0 fully saturated rings. The van der Waals surface area contributed by atoms with Crippen LogP contribution >= 0.6 is 11.6 Å². The zero-order valence-electron chi connectivity index (χ0n) is 13.4. The number of ether oxygens (including phenoxy) is 1. The Bertz CT molecular complexity index is 657. The van der Waals surface area contributed by atoms with Crippen molar-refractivity contribution in [3.63, 3.8) is 0 Å². The second kappa shape index (κ2) is 8.44. The first kappa shape index (κ1) is 17.2. The lowest BCUT2D eigenvalue weighted by Gasteiger charge is -2.11. The van der Waals surface area contributed by atoms with E-state index in [9.17, 15) is 4.79 Å². The van der Waals surface area contributed by atoms with Crippen LogP contribution in [0.5, 0.6) is 5.75 Å². The average Bonchev–Trinajstić information content (AvgIpc) is 2.53. The third kappa shape index (κ3) is 5.49. The minimum absolute atomic E-state index is 0.0958. The molecule has 0 aliphatic heterocycles. The Morgan fingerprint density at radius 1 is 1.17 bits per heavy atom. The summed E-state index contributed by atoms with van der Waals surface area (Å²) >= 11 is 5.92. The summed E-state index contributed by atoms with van der Waals surface area (Å²) < 4.78 is 5.50. The summed E-state index contributed by atoms with van der Waals surface area (Å²) in [6, 6.07) is 12.9. The van der Waals surface area contributed by atoms with Crippen molar-refractivity contribution in [1.29, 1.82) is 0 Å². The van der Waals surface area contributed by atoms with Crippen molar-refractivity contribution in [2.24, 2.45) is 0 Å². The molecule has 0 spiro atoms. The molecule has 4 nitrogen and oxygen atoms in total. The Balaban J connectivity index is 1.79. The molecule has 0 aromatic heterocycles. The monoisotopic (exact) mass is 332 g/mol. The maximum atomic E-state index is 11.9. The van der Waals surface area contributed by atoms with Gasteiger partial charge in [-0.2, -0.15) is 0 Å². The first-order valence-electron chi connectivity index (χ1n) is 7.61. The molecule has 2 aromatic carbocycles.